The maximum atomic E-state index is 11.4. The van der Waals surface area contributed by atoms with Gasteiger partial charge in [-0.1, -0.05) is 5.57 Å². The number of Topliss-reactive ketones (excluding diaryl/α,β-unsaturated/α-hetero) is 1. The summed E-state index contributed by atoms with van der Waals surface area (Å²) in [5, 5.41) is -1.16. The van der Waals surface area contributed by atoms with Gasteiger partial charge in [-0.2, -0.15) is 0 Å². The highest BCUT2D eigenvalue weighted by Gasteiger charge is 2.24. The van der Waals surface area contributed by atoms with E-state index in [0.29, 0.717) is 12.8 Å². The van der Waals surface area contributed by atoms with E-state index in [-0.39, 0.29) is 12.4 Å². The number of hydrogen-bond acceptors (Lipinski definition) is 3. The Labute approximate surface area is 95.4 Å². The van der Waals surface area contributed by atoms with Gasteiger partial charge in [-0.3, -0.25) is 4.79 Å². The number of ether oxygens (including phenoxy) is 1. The lowest BCUT2D eigenvalue weighted by molar-refractivity contribution is -0.145. The van der Waals surface area contributed by atoms with Crippen molar-refractivity contribution in [1.29, 1.82) is 0 Å². The van der Waals surface area contributed by atoms with Crippen molar-refractivity contribution in [1.82, 2.24) is 0 Å². The van der Waals surface area contributed by atoms with Crippen LogP contribution in [0, 0.1) is 0 Å². The molecule has 0 bridgehead atoms. The highest BCUT2D eigenvalue weighted by molar-refractivity contribution is 6.41. The van der Waals surface area contributed by atoms with Crippen molar-refractivity contribution >= 4 is 23.4 Å². The Balaban J connectivity index is 3.88. The minimum absolute atomic E-state index is 0.237. The molecule has 0 aromatic carbocycles. The Morgan fingerprint density at radius 3 is 2.47 bits per heavy atom. The SMILES string of the molecule is C=C(C)CCCC(=O)[C@H](Cl)C(=O)OCC. The van der Waals surface area contributed by atoms with Gasteiger partial charge in [0.1, 0.15) is 0 Å². The molecular formula is C11H17ClO3. The first-order chi connectivity index (χ1) is 6.99. The fraction of sp³-hybridized carbons (Fsp3) is 0.636. The number of rotatable bonds is 7. The van der Waals surface area contributed by atoms with Crippen molar-refractivity contribution in [2.24, 2.45) is 0 Å². The average molecular weight is 233 g/mol. The van der Waals surface area contributed by atoms with Crippen molar-refractivity contribution in [3.63, 3.8) is 0 Å². The Kier molecular flexibility index (Phi) is 7.05. The first kappa shape index (κ1) is 14.2. The van der Waals surface area contributed by atoms with Crippen LogP contribution in [0.1, 0.15) is 33.1 Å². The Morgan fingerprint density at radius 2 is 2.00 bits per heavy atom. The minimum atomic E-state index is -1.16. The van der Waals surface area contributed by atoms with E-state index in [1.165, 1.54) is 0 Å². The summed E-state index contributed by atoms with van der Waals surface area (Å²) in [4.78, 5) is 22.5. The number of carbonyl (C=O) groups excluding carboxylic acids is 2. The molecule has 0 fully saturated rings. The molecule has 0 saturated carbocycles. The molecule has 0 spiro atoms. The molecular weight excluding hydrogens is 216 g/mol. The van der Waals surface area contributed by atoms with Crippen LogP contribution in [0.25, 0.3) is 0 Å². The molecule has 0 aliphatic heterocycles. The van der Waals surface area contributed by atoms with Gasteiger partial charge >= 0.3 is 5.97 Å². The van der Waals surface area contributed by atoms with E-state index in [2.05, 4.69) is 11.3 Å². The molecule has 4 heteroatoms. The Morgan fingerprint density at radius 1 is 1.40 bits per heavy atom. The summed E-state index contributed by atoms with van der Waals surface area (Å²) in [6.45, 7) is 7.53. The zero-order valence-corrected chi connectivity index (χ0v) is 9.97. The van der Waals surface area contributed by atoms with Crippen LogP contribution in [-0.4, -0.2) is 23.7 Å². The summed E-state index contributed by atoms with van der Waals surface area (Å²) in [6, 6.07) is 0. The first-order valence-electron chi connectivity index (χ1n) is 4.96. The number of carbonyl (C=O) groups is 2. The van der Waals surface area contributed by atoms with Crippen molar-refractivity contribution < 1.29 is 14.3 Å². The van der Waals surface area contributed by atoms with E-state index in [4.69, 9.17) is 11.6 Å². The molecule has 0 rings (SSSR count). The van der Waals surface area contributed by atoms with E-state index >= 15 is 0 Å². The third kappa shape index (κ3) is 6.28. The molecule has 1 atom stereocenters. The number of ketones is 1. The van der Waals surface area contributed by atoms with Crippen LogP contribution < -0.4 is 0 Å². The summed E-state index contributed by atoms with van der Waals surface area (Å²) in [7, 11) is 0. The molecule has 0 N–H and O–H groups in total. The van der Waals surface area contributed by atoms with Crippen LogP contribution in [0.2, 0.25) is 0 Å². The summed E-state index contributed by atoms with van der Waals surface area (Å²) >= 11 is 5.63. The second-order valence-corrected chi connectivity index (χ2v) is 3.83. The highest BCUT2D eigenvalue weighted by Crippen LogP contribution is 2.09. The molecule has 0 aromatic heterocycles. The van der Waals surface area contributed by atoms with E-state index in [1.807, 2.05) is 6.92 Å². The number of alkyl halides is 1. The van der Waals surface area contributed by atoms with Gasteiger partial charge in [-0.25, -0.2) is 4.79 Å². The average Bonchev–Trinajstić information content (AvgIpc) is 2.16. The van der Waals surface area contributed by atoms with E-state index < -0.39 is 11.3 Å². The van der Waals surface area contributed by atoms with Crippen LogP contribution in [0.15, 0.2) is 12.2 Å². The van der Waals surface area contributed by atoms with Gasteiger partial charge in [-0.05, 0) is 26.7 Å². The summed E-state index contributed by atoms with van der Waals surface area (Å²) in [5.41, 5.74) is 1.02. The Bertz CT molecular complexity index is 248. The normalized spacial score (nSPS) is 11.9. The molecule has 0 amide bonds. The van der Waals surface area contributed by atoms with Gasteiger partial charge < -0.3 is 4.74 Å². The number of hydrogen-bond donors (Lipinski definition) is 0. The van der Waals surface area contributed by atoms with Crippen molar-refractivity contribution in [2.45, 2.75) is 38.5 Å². The molecule has 0 heterocycles. The number of esters is 1. The molecule has 0 unspecified atom stereocenters. The second kappa shape index (κ2) is 7.46. The van der Waals surface area contributed by atoms with Crippen molar-refractivity contribution in [3.8, 4) is 0 Å². The van der Waals surface area contributed by atoms with E-state index in [1.54, 1.807) is 6.92 Å². The van der Waals surface area contributed by atoms with E-state index in [0.717, 1.165) is 12.0 Å². The first-order valence-corrected chi connectivity index (χ1v) is 5.40. The maximum absolute atomic E-state index is 11.4. The number of halogens is 1. The summed E-state index contributed by atoms with van der Waals surface area (Å²) < 4.78 is 4.64. The molecule has 15 heavy (non-hydrogen) atoms. The zero-order valence-electron chi connectivity index (χ0n) is 9.22. The van der Waals surface area contributed by atoms with Crippen LogP contribution in [0.5, 0.6) is 0 Å². The van der Waals surface area contributed by atoms with Gasteiger partial charge in [0.15, 0.2) is 11.2 Å². The second-order valence-electron chi connectivity index (χ2n) is 3.39. The Hall–Kier alpha value is -0.830. The molecule has 3 nitrogen and oxygen atoms in total. The lowest BCUT2D eigenvalue weighted by Crippen LogP contribution is -2.26. The largest absolute Gasteiger partial charge is 0.465 e. The predicted octanol–water partition coefficient (Wildman–Crippen LogP) is 2.47. The van der Waals surface area contributed by atoms with E-state index in [9.17, 15) is 9.59 Å². The standard InChI is InChI=1S/C11H17ClO3/c1-4-15-11(14)10(12)9(13)7-5-6-8(2)3/h10H,2,4-7H2,1,3H3/t10-/m0/s1. The lowest BCUT2D eigenvalue weighted by atomic mass is 10.1. The van der Waals surface area contributed by atoms with Gasteiger partial charge in [0.05, 0.1) is 6.61 Å². The predicted molar refractivity (Wildman–Crippen MR) is 59.9 cm³/mol. The third-order valence-electron chi connectivity index (χ3n) is 1.80. The lowest BCUT2D eigenvalue weighted by Gasteiger charge is -2.07. The van der Waals surface area contributed by atoms with Gasteiger partial charge in [0, 0.05) is 6.42 Å². The van der Waals surface area contributed by atoms with Gasteiger partial charge in [0.25, 0.3) is 0 Å². The minimum Gasteiger partial charge on any atom is -0.465 e. The van der Waals surface area contributed by atoms with Crippen LogP contribution in [0.4, 0.5) is 0 Å². The molecule has 0 aromatic rings. The smallest absolute Gasteiger partial charge is 0.331 e. The monoisotopic (exact) mass is 232 g/mol. The topological polar surface area (TPSA) is 43.4 Å². The van der Waals surface area contributed by atoms with Gasteiger partial charge in [-0.15, -0.1) is 18.2 Å². The summed E-state index contributed by atoms with van der Waals surface area (Å²) in [6.07, 6.45) is 1.74. The van der Waals surface area contributed by atoms with Crippen molar-refractivity contribution in [2.75, 3.05) is 6.61 Å². The molecule has 0 aliphatic carbocycles. The zero-order chi connectivity index (χ0) is 11.8. The third-order valence-corrected chi connectivity index (χ3v) is 2.22. The molecule has 0 aliphatic rings. The van der Waals surface area contributed by atoms with Crippen molar-refractivity contribution in [3.05, 3.63) is 12.2 Å². The summed E-state index contributed by atoms with van der Waals surface area (Å²) in [5.74, 6) is -0.934. The quantitative estimate of drug-likeness (QED) is 0.293. The fourth-order valence-corrected chi connectivity index (χ4v) is 1.21. The molecule has 0 radical (unpaired) electrons. The van der Waals surface area contributed by atoms with Crippen LogP contribution in [-0.2, 0) is 14.3 Å². The van der Waals surface area contributed by atoms with Gasteiger partial charge in [0.2, 0.25) is 0 Å². The maximum Gasteiger partial charge on any atom is 0.331 e. The molecule has 86 valence electrons. The van der Waals surface area contributed by atoms with Crippen LogP contribution >= 0.6 is 11.6 Å². The molecule has 0 saturated heterocycles. The van der Waals surface area contributed by atoms with Crippen LogP contribution in [0.3, 0.4) is 0 Å². The number of allylic oxidation sites excluding steroid dienone is 1. The fourth-order valence-electron chi connectivity index (χ4n) is 1.04. The highest BCUT2D eigenvalue weighted by atomic mass is 35.5.